The molecule has 0 aliphatic heterocycles. The van der Waals surface area contributed by atoms with E-state index < -0.39 is 11.6 Å². The molecule has 0 amide bonds. The van der Waals surface area contributed by atoms with Gasteiger partial charge in [0.05, 0.1) is 12.1 Å². The lowest BCUT2D eigenvalue weighted by Crippen LogP contribution is -1.99. The lowest BCUT2D eigenvalue weighted by Gasteiger charge is -2.07. The molecule has 0 saturated carbocycles. The maximum absolute atomic E-state index is 13.9. The summed E-state index contributed by atoms with van der Waals surface area (Å²) < 4.78 is 34.2. The van der Waals surface area contributed by atoms with Gasteiger partial charge in [0, 0.05) is 24.2 Å². The van der Waals surface area contributed by atoms with E-state index in [0.29, 0.717) is 10.9 Å². The van der Waals surface area contributed by atoms with Gasteiger partial charge in [-0.2, -0.15) is 0 Å². The number of halogens is 2. The van der Waals surface area contributed by atoms with E-state index in [-0.39, 0.29) is 12.4 Å². The van der Waals surface area contributed by atoms with Crippen LogP contribution in [0.2, 0.25) is 0 Å². The lowest BCUT2D eigenvalue weighted by molar-refractivity contribution is 0.304. The van der Waals surface area contributed by atoms with Crippen LogP contribution >= 0.6 is 0 Å². The quantitative estimate of drug-likeness (QED) is 0.765. The van der Waals surface area contributed by atoms with Crippen molar-refractivity contribution in [1.29, 1.82) is 0 Å². The average molecular weight is 225 g/mol. The van der Waals surface area contributed by atoms with Crippen molar-refractivity contribution >= 4 is 10.9 Å². The Hall–Kier alpha value is -1.58. The fourth-order valence-corrected chi connectivity index (χ4v) is 1.79. The highest BCUT2D eigenvalue weighted by Gasteiger charge is 2.17. The number of nitrogens with zero attached hydrogens (tertiary/aromatic N) is 1. The second kappa shape index (κ2) is 3.77. The van der Waals surface area contributed by atoms with Crippen LogP contribution in [0.25, 0.3) is 10.9 Å². The van der Waals surface area contributed by atoms with Crippen LogP contribution < -0.4 is 4.74 Å². The van der Waals surface area contributed by atoms with Crippen LogP contribution in [0.15, 0.2) is 12.1 Å². The molecule has 2 aromatic rings. The van der Waals surface area contributed by atoms with Crippen molar-refractivity contribution in [3.05, 3.63) is 29.5 Å². The standard InChI is InChI=1S/C12H13F2NO/c1-4-16-12-9(13)6-10-8(11(12)14)5-7(2)15(10)3/h5-6H,4H2,1-3H3. The fourth-order valence-electron chi connectivity index (χ4n) is 1.79. The molecular weight excluding hydrogens is 212 g/mol. The molecule has 1 aromatic carbocycles. The van der Waals surface area contributed by atoms with E-state index in [0.717, 1.165) is 5.69 Å². The van der Waals surface area contributed by atoms with Crippen LogP contribution in [0.3, 0.4) is 0 Å². The summed E-state index contributed by atoms with van der Waals surface area (Å²) in [6.45, 7) is 3.78. The first-order valence-corrected chi connectivity index (χ1v) is 5.13. The number of benzene rings is 1. The Balaban J connectivity index is 2.78. The van der Waals surface area contributed by atoms with Gasteiger partial charge in [-0.25, -0.2) is 8.78 Å². The highest BCUT2D eigenvalue weighted by molar-refractivity contribution is 5.83. The van der Waals surface area contributed by atoms with Gasteiger partial charge < -0.3 is 9.30 Å². The molecule has 0 N–H and O–H groups in total. The zero-order valence-electron chi connectivity index (χ0n) is 9.47. The summed E-state index contributed by atoms with van der Waals surface area (Å²) in [6.07, 6.45) is 0. The zero-order chi connectivity index (χ0) is 11.9. The van der Waals surface area contributed by atoms with E-state index in [9.17, 15) is 8.78 Å². The Morgan fingerprint density at radius 3 is 2.62 bits per heavy atom. The topological polar surface area (TPSA) is 14.2 Å². The van der Waals surface area contributed by atoms with Gasteiger partial charge in [0.15, 0.2) is 17.4 Å². The molecule has 16 heavy (non-hydrogen) atoms. The highest BCUT2D eigenvalue weighted by atomic mass is 19.1. The molecule has 0 saturated heterocycles. The van der Waals surface area contributed by atoms with E-state index in [4.69, 9.17) is 4.74 Å². The second-order valence-electron chi connectivity index (χ2n) is 3.71. The van der Waals surface area contributed by atoms with Gasteiger partial charge in [-0.15, -0.1) is 0 Å². The highest BCUT2D eigenvalue weighted by Crippen LogP contribution is 2.31. The number of hydrogen-bond acceptors (Lipinski definition) is 1. The Morgan fingerprint density at radius 2 is 2.00 bits per heavy atom. The molecule has 86 valence electrons. The van der Waals surface area contributed by atoms with Crippen molar-refractivity contribution in [2.75, 3.05) is 6.61 Å². The third kappa shape index (κ3) is 1.45. The number of hydrogen-bond donors (Lipinski definition) is 0. The minimum absolute atomic E-state index is 0.241. The van der Waals surface area contributed by atoms with Crippen LogP contribution in [0.4, 0.5) is 8.78 Å². The molecule has 0 unspecified atom stereocenters. The number of ether oxygens (including phenoxy) is 1. The van der Waals surface area contributed by atoms with Crippen LogP contribution in [0, 0.1) is 18.6 Å². The molecule has 0 fully saturated rings. The van der Waals surface area contributed by atoms with E-state index in [2.05, 4.69) is 0 Å². The van der Waals surface area contributed by atoms with Gasteiger partial charge in [-0.3, -0.25) is 0 Å². The normalized spacial score (nSPS) is 11.1. The predicted molar refractivity (Wildman–Crippen MR) is 58.7 cm³/mol. The van der Waals surface area contributed by atoms with Crippen molar-refractivity contribution in [2.45, 2.75) is 13.8 Å². The van der Waals surface area contributed by atoms with Gasteiger partial charge in [0.25, 0.3) is 0 Å². The molecule has 0 atom stereocenters. The Labute approximate surface area is 92.4 Å². The minimum Gasteiger partial charge on any atom is -0.488 e. The summed E-state index contributed by atoms with van der Waals surface area (Å²) in [6, 6.07) is 2.99. The van der Waals surface area contributed by atoms with E-state index in [1.54, 1.807) is 24.6 Å². The van der Waals surface area contributed by atoms with Gasteiger partial charge in [-0.1, -0.05) is 0 Å². The summed E-state index contributed by atoms with van der Waals surface area (Å²) >= 11 is 0. The van der Waals surface area contributed by atoms with E-state index in [1.807, 2.05) is 6.92 Å². The first-order valence-electron chi connectivity index (χ1n) is 5.13. The third-order valence-electron chi connectivity index (χ3n) is 2.72. The van der Waals surface area contributed by atoms with Crippen molar-refractivity contribution in [2.24, 2.45) is 7.05 Å². The van der Waals surface area contributed by atoms with Crippen LogP contribution in [-0.4, -0.2) is 11.2 Å². The molecule has 2 rings (SSSR count). The Bertz CT molecular complexity index is 546. The molecule has 0 bridgehead atoms. The Kier molecular flexibility index (Phi) is 2.58. The van der Waals surface area contributed by atoms with Gasteiger partial charge in [-0.05, 0) is 19.9 Å². The fraction of sp³-hybridized carbons (Fsp3) is 0.333. The van der Waals surface area contributed by atoms with Crippen LogP contribution in [-0.2, 0) is 7.05 Å². The molecule has 1 aromatic heterocycles. The van der Waals surface area contributed by atoms with E-state index in [1.165, 1.54) is 6.07 Å². The summed E-state index contributed by atoms with van der Waals surface area (Å²) in [5.74, 6) is -1.57. The maximum atomic E-state index is 13.9. The largest absolute Gasteiger partial charge is 0.488 e. The molecule has 4 heteroatoms. The molecule has 0 aliphatic rings. The van der Waals surface area contributed by atoms with Crippen molar-refractivity contribution in [3.63, 3.8) is 0 Å². The summed E-state index contributed by atoms with van der Waals surface area (Å²) in [5.41, 5.74) is 1.41. The summed E-state index contributed by atoms with van der Waals surface area (Å²) in [4.78, 5) is 0. The minimum atomic E-state index is -0.659. The molecule has 0 aliphatic carbocycles. The number of aromatic nitrogens is 1. The summed E-state index contributed by atoms with van der Waals surface area (Å²) in [5, 5.41) is 0.393. The van der Waals surface area contributed by atoms with Gasteiger partial charge in [0.1, 0.15) is 0 Å². The van der Waals surface area contributed by atoms with Gasteiger partial charge in [0.2, 0.25) is 0 Å². The van der Waals surface area contributed by atoms with Crippen LogP contribution in [0.5, 0.6) is 5.75 Å². The maximum Gasteiger partial charge on any atom is 0.191 e. The van der Waals surface area contributed by atoms with Crippen molar-refractivity contribution in [3.8, 4) is 5.75 Å². The first kappa shape index (κ1) is 10.9. The number of fused-ring (bicyclic) bond motifs is 1. The average Bonchev–Trinajstić information content (AvgIpc) is 2.52. The SMILES string of the molecule is CCOc1c(F)cc2c(cc(C)n2C)c1F. The lowest BCUT2D eigenvalue weighted by atomic mass is 10.2. The smallest absolute Gasteiger partial charge is 0.191 e. The monoisotopic (exact) mass is 225 g/mol. The molecule has 0 radical (unpaired) electrons. The van der Waals surface area contributed by atoms with E-state index >= 15 is 0 Å². The van der Waals surface area contributed by atoms with Crippen molar-refractivity contribution in [1.82, 2.24) is 4.57 Å². The number of aryl methyl sites for hydroxylation is 2. The predicted octanol–water partition coefficient (Wildman–Crippen LogP) is 3.16. The first-order chi connectivity index (χ1) is 7.56. The third-order valence-corrected chi connectivity index (χ3v) is 2.72. The second-order valence-corrected chi connectivity index (χ2v) is 3.71. The van der Waals surface area contributed by atoms with Gasteiger partial charge >= 0.3 is 0 Å². The van der Waals surface area contributed by atoms with Crippen LogP contribution in [0.1, 0.15) is 12.6 Å². The zero-order valence-corrected chi connectivity index (χ0v) is 9.47. The number of rotatable bonds is 2. The van der Waals surface area contributed by atoms with Crippen molar-refractivity contribution < 1.29 is 13.5 Å². The summed E-state index contributed by atoms with van der Waals surface area (Å²) in [7, 11) is 1.77. The molecular formula is C12H13F2NO. The molecule has 2 nitrogen and oxygen atoms in total. The Morgan fingerprint density at radius 1 is 1.31 bits per heavy atom. The molecule has 1 heterocycles. The molecule has 0 spiro atoms.